The zero-order chi connectivity index (χ0) is 22.0. The molecule has 4 aliphatic rings. The van der Waals surface area contributed by atoms with Gasteiger partial charge in [-0.05, 0) is 0 Å². The maximum atomic E-state index is 13.8. The van der Waals surface area contributed by atoms with Crippen LogP contribution >= 0.6 is 0 Å². The molecule has 5 rings (SSSR count). The van der Waals surface area contributed by atoms with Gasteiger partial charge in [0.1, 0.15) is 0 Å². The molecule has 4 fully saturated rings. The van der Waals surface area contributed by atoms with Crippen LogP contribution in [0.5, 0.6) is 0 Å². The summed E-state index contributed by atoms with van der Waals surface area (Å²) in [4.78, 5) is 13.8. The first-order valence-corrected chi connectivity index (χ1v) is 20.5. The quantitative estimate of drug-likeness (QED) is 0.352. The Kier molecular flexibility index (Phi) is 7.45. The Balaban J connectivity index is 1.63. The molecule has 1 aromatic heterocycles. The van der Waals surface area contributed by atoms with Crippen molar-refractivity contribution in [3.8, 4) is 0 Å². The summed E-state index contributed by atoms with van der Waals surface area (Å²) in [5.74, 6) is 0.773. The van der Waals surface area contributed by atoms with Crippen LogP contribution in [0.25, 0.3) is 0 Å². The molecule has 0 saturated heterocycles. The molecule has 0 N–H and O–H groups in total. The van der Waals surface area contributed by atoms with Gasteiger partial charge in [-0.2, -0.15) is 0 Å². The molecule has 0 bridgehead atoms. The first-order chi connectivity index (χ1) is 15.6. The Morgan fingerprint density at radius 2 is 1.12 bits per heavy atom. The molecule has 0 spiro atoms. The normalized spacial score (nSPS) is 26.9. The SMILES string of the molecule is CC1(c2n[n]([Sn]([CH]3CCCCC3)([CH]3CCCCC3)[CH]3CCCCC3)c(=O)o2)CCCCC1. The average molecular weight is 549 g/mol. The van der Waals surface area contributed by atoms with E-state index in [-0.39, 0.29) is 11.2 Å². The maximum absolute atomic E-state index is 13.8. The van der Waals surface area contributed by atoms with Gasteiger partial charge < -0.3 is 0 Å². The van der Waals surface area contributed by atoms with Crippen molar-refractivity contribution in [3.05, 3.63) is 16.4 Å². The predicted molar refractivity (Wildman–Crippen MR) is 133 cm³/mol. The molecule has 0 radical (unpaired) electrons. The van der Waals surface area contributed by atoms with Crippen molar-refractivity contribution >= 4 is 18.7 Å². The fourth-order valence-electron chi connectivity index (χ4n) is 8.53. The Morgan fingerprint density at radius 1 is 0.719 bits per heavy atom. The molecule has 4 aliphatic carbocycles. The van der Waals surface area contributed by atoms with Crippen LogP contribution in [0.4, 0.5) is 0 Å². The Hall–Kier alpha value is -0.261. The number of hydrogen-bond acceptors (Lipinski definition) is 3. The molecule has 1 aromatic rings. The van der Waals surface area contributed by atoms with Crippen LogP contribution in [0.3, 0.4) is 0 Å². The minimum absolute atomic E-state index is 0.0219. The van der Waals surface area contributed by atoms with E-state index in [9.17, 15) is 4.79 Å². The fourth-order valence-corrected chi connectivity index (χ4v) is 30.4. The van der Waals surface area contributed by atoms with E-state index < -0.39 is 18.7 Å². The summed E-state index contributed by atoms with van der Waals surface area (Å²) >= 11 is -3.26. The topological polar surface area (TPSA) is 48.0 Å². The van der Waals surface area contributed by atoms with Gasteiger partial charge in [0, 0.05) is 0 Å². The molecule has 0 amide bonds. The molecule has 0 aromatic carbocycles. The molecule has 1 heterocycles. The Labute approximate surface area is 199 Å². The van der Waals surface area contributed by atoms with Crippen molar-refractivity contribution < 1.29 is 4.42 Å². The van der Waals surface area contributed by atoms with E-state index in [0.29, 0.717) is 0 Å². The molecule has 0 aliphatic heterocycles. The van der Waals surface area contributed by atoms with Crippen LogP contribution in [0.1, 0.15) is 141 Å². The average Bonchev–Trinajstić information content (AvgIpc) is 3.25. The molecule has 180 valence electrons. The predicted octanol–water partition coefficient (Wildman–Crippen LogP) is 7.85. The summed E-state index contributed by atoms with van der Waals surface area (Å²) in [6, 6.07) is 0. The summed E-state index contributed by atoms with van der Waals surface area (Å²) < 4.78 is 10.8. The van der Waals surface area contributed by atoms with Gasteiger partial charge in [0.15, 0.2) is 0 Å². The van der Waals surface area contributed by atoms with Crippen LogP contribution in [0.15, 0.2) is 9.21 Å². The van der Waals surface area contributed by atoms with Crippen LogP contribution in [0.2, 0.25) is 11.8 Å². The van der Waals surface area contributed by atoms with E-state index in [4.69, 9.17) is 9.52 Å². The van der Waals surface area contributed by atoms with Crippen LogP contribution in [-0.4, -0.2) is 26.7 Å². The molecule has 32 heavy (non-hydrogen) atoms. The van der Waals surface area contributed by atoms with E-state index >= 15 is 0 Å². The van der Waals surface area contributed by atoms with Crippen LogP contribution < -0.4 is 5.76 Å². The monoisotopic (exact) mass is 550 g/mol. The van der Waals surface area contributed by atoms with Gasteiger partial charge in [-0.25, -0.2) is 0 Å². The second kappa shape index (κ2) is 10.2. The van der Waals surface area contributed by atoms with Crippen molar-refractivity contribution in [2.75, 3.05) is 0 Å². The van der Waals surface area contributed by atoms with Gasteiger partial charge in [0.2, 0.25) is 0 Å². The van der Waals surface area contributed by atoms with Crippen LogP contribution in [0, 0.1) is 0 Å². The minimum atomic E-state index is -3.26. The van der Waals surface area contributed by atoms with Crippen LogP contribution in [-0.2, 0) is 5.41 Å². The van der Waals surface area contributed by atoms with Crippen molar-refractivity contribution in [1.29, 1.82) is 0 Å². The van der Waals surface area contributed by atoms with Gasteiger partial charge in [0.25, 0.3) is 0 Å². The number of rotatable bonds is 5. The van der Waals surface area contributed by atoms with Gasteiger partial charge in [-0.1, -0.05) is 0 Å². The van der Waals surface area contributed by atoms with Gasteiger partial charge in [-0.15, -0.1) is 0 Å². The number of hydrogen-bond donors (Lipinski definition) is 0. The molecule has 0 unspecified atom stereocenters. The van der Waals surface area contributed by atoms with E-state index in [1.807, 2.05) is 0 Å². The van der Waals surface area contributed by atoms with E-state index in [0.717, 1.165) is 30.5 Å². The van der Waals surface area contributed by atoms with Crippen molar-refractivity contribution in [2.45, 2.75) is 153 Å². The van der Waals surface area contributed by atoms with Gasteiger partial charge in [0.05, 0.1) is 0 Å². The fraction of sp³-hybridized carbons (Fsp3) is 0.926. The second-order valence-electron chi connectivity index (χ2n) is 12.1. The summed E-state index contributed by atoms with van der Waals surface area (Å²) in [6.07, 6.45) is 26.7. The number of nitrogens with zero attached hydrogens (tertiary/aromatic N) is 2. The van der Waals surface area contributed by atoms with Crippen molar-refractivity contribution in [1.82, 2.24) is 8.00 Å². The molecule has 0 atom stereocenters. The van der Waals surface area contributed by atoms with E-state index in [1.54, 1.807) is 0 Å². The molecule has 4 nitrogen and oxygen atoms in total. The van der Waals surface area contributed by atoms with E-state index in [1.165, 1.54) is 116 Å². The van der Waals surface area contributed by atoms with Crippen molar-refractivity contribution in [3.63, 3.8) is 0 Å². The Morgan fingerprint density at radius 3 is 1.56 bits per heavy atom. The molecular formula is C27H46N2O2Sn. The first-order valence-electron chi connectivity index (χ1n) is 14.3. The second-order valence-corrected chi connectivity index (χ2v) is 25.4. The third-order valence-corrected chi connectivity index (χ3v) is 29.2. The summed E-state index contributed by atoms with van der Waals surface area (Å²) in [5.41, 5.74) is -0.0219. The zero-order valence-corrected chi connectivity index (χ0v) is 23.4. The molecule has 5 heteroatoms. The van der Waals surface area contributed by atoms with Crippen molar-refractivity contribution in [2.24, 2.45) is 0 Å². The summed E-state index contributed by atoms with van der Waals surface area (Å²) in [6.45, 7) is 2.32. The van der Waals surface area contributed by atoms with E-state index in [2.05, 4.69) is 9.83 Å². The first kappa shape index (κ1) is 23.5. The molecular weight excluding hydrogens is 503 g/mol. The standard InChI is InChI=1S/C9H14N2O2.3C6H11.Sn/c1-9(5-3-2-4-6-9)7-10-11-8(12)13-7;3*1-2-4-6-5-3-1;/h2-6H2,1H3,(H,11,12);3*1H,2-6H2;/q;;;;+1/p-1. The third-order valence-electron chi connectivity index (χ3n) is 10.2. The zero-order valence-electron chi connectivity index (χ0n) is 20.6. The van der Waals surface area contributed by atoms with Gasteiger partial charge in [-0.3, -0.25) is 0 Å². The Bertz CT molecular complexity index is 745. The summed E-state index contributed by atoms with van der Waals surface area (Å²) in [5, 5.41) is 5.33. The third kappa shape index (κ3) is 4.28. The molecule has 4 saturated carbocycles. The number of aromatic nitrogens is 2. The summed E-state index contributed by atoms with van der Waals surface area (Å²) in [7, 11) is 0. The van der Waals surface area contributed by atoms with Gasteiger partial charge >= 0.3 is 200 Å².